The van der Waals surface area contributed by atoms with Gasteiger partial charge in [-0.05, 0) is 19.5 Å². The van der Waals surface area contributed by atoms with E-state index in [-0.39, 0.29) is 5.41 Å². The van der Waals surface area contributed by atoms with Crippen LogP contribution in [0.15, 0.2) is 30.3 Å². The fraction of sp³-hybridized carbons (Fsp3) is 0.647. The number of aliphatic hydroxyl groups is 1. The predicted octanol–water partition coefficient (Wildman–Crippen LogP) is 2.38. The predicted molar refractivity (Wildman–Crippen MR) is 83.7 cm³/mol. The van der Waals surface area contributed by atoms with Crippen molar-refractivity contribution in [3.8, 4) is 0 Å². The van der Waals surface area contributed by atoms with Crippen LogP contribution in [0.5, 0.6) is 0 Å². The monoisotopic (exact) mass is 276 g/mol. The summed E-state index contributed by atoms with van der Waals surface area (Å²) in [7, 11) is 2.18. The van der Waals surface area contributed by atoms with Crippen molar-refractivity contribution >= 4 is 0 Å². The first-order valence-electron chi connectivity index (χ1n) is 7.56. The molecular weight excluding hydrogens is 248 g/mol. The smallest absolute Gasteiger partial charge is 0.0853 e. The molecule has 2 unspecified atom stereocenters. The highest BCUT2D eigenvalue weighted by Crippen LogP contribution is 2.34. The molecule has 1 aromatic rings. The summed E-state index contributed by atoms with van der Waals surface area (Å²) in [6.07, 6.45) is -0.421. The molecule has 1 heterocycles. The van der Waals surface area contributed by atoms with Crippen molar-refractivity contribution in [2.75, 3.05) is 33.2 Å². The Balaban J connectivity index is 2.03. The molecule has 1 aliphatic rings. The van der Waals surface area contributed by atoms with Crippen molar-refractivity contribution in [3.63, 3.8) is 0 Å². The summed E-state index contributed by atoms with van der Waals surface area (Å²) < 4.78 is 0. The maximum absolute atomic E-state index is 10.7. The second-order valence-corrected chi connectivity index (χ2v) is 6.88. The maximum atomic E-state index is 10.7. The highest BCUT2D eigenvalue weighted by Gasteiger charge is 2.33. The molecule has 1 saturated heterocycles. The van der Waals surface area contributed by atoms with Crippen LogP contribution < -0.4 is 0 Å². The van der Waals surface area contributed by atoms with E-state index in [4.69, 9.17) is 0 Å². The minimum absolute atomic E-state index is 0.147. The number of aliphatic hydroxyl groups excluding tert-OH is 1. The van der Waals surface area contributed by atoms with E-state index in [0.717, 1.165) is 31.7 Å². The minimum Gasteiger partial charge on any atom is -0.388 e. The zero-order valence-electron chi connectivity index (χ0n) is 13.2. The largest absolute Gasteiger partial charge is 0.388 e. The van der Waals surface area contributed by atoms with E-state index in [1.54, 1.807) is 0 Å². The molecule has 0 radical (unpaired) electrons. The molecule has 2 atom stereocenters. The molecule has 0 spiro atoms. The topological polar surface area (TPSA) is 26.7 Å². The third-order valence-electron chi connectivity index (χ3n) is 4.43. The number of benzene rings is 1. The van der Waals surface area contributed by atoms with Gasteiger partial charge in [-0.2, -0.15) is 0 Å². The van der Waals surface area contributed by atoms with Crippen LogP contribution in [0.4, 0.5) is 0 Å². The molecule has 0 amide bonds. The molecule has 112 valence electrons. The molecular formula is C17H28N2O. The van der Waals surface area contributed by atoms with Crippen LogP contribution in [-0.4, -0.2) is 54.2 Å². The fourth-order valence-electron chi connectivity index (χ4n) is 3.11. The summed E-state index contributed by atoms with van der Waals surface area (Å²) in [5.74, 6) is 0. The highest BCUT2D eigenvalue weighted by atomic mass is 16.3. The lowest BCUT2D eigenvalue weighted by Gasteiger charge is -2.43. The van der Waals surface area contributed by atoms with E-state index in [2.05, 4.69) is 37.6 Å². The van der Waals surface area contributed by atoms with Gasteiger partial charge in [0, 0.05) is 37.6 Å². The van der Waals surface area contributed by atoms with Crippen LogP contribution in [-0.2, 0) is 0 Å². The number of rotatable bonds is 4. The molecule has 1 aromatic carbocycles. The summed E-state index contributed by atoms with van der Waals surface area (Å²) in [6, 6.07) is 10.6. The lowest BCUT2D eigenvalue weighted by atomic mass is 9.81. The number of likely N-dealkylation sites (N-methyl/N-ethyl adjacent to an activating group) is 1. The lowest BCUT2D eigenvalue weighted by molar-refractivity contribution is -0.00609. The van der Waals surface area contributed by atoms with Gasteiger partial charge in [0.25, 0.3) is 0 Å². The Morgan fingerprint density at radius 1 is 1.25 bits per heavy atom. The summed E-state index contributed by atoms with van der Waals surface area (Å²) in [6.45, 7) is 10.8. The van der Waals surface area contributed by atoms with Gasteiger partial charge in [-0.15, -0.1) is 0 Å². The van der Waals surface area contributed by atoms with Crippen molar-refractivity contribution in [1.29, 1.82) is 0 Å². The fourth-order valence-corrected chi connectivity index (χ4v) is 3.11. The van der Waals surface area contributed by atoms with Gasteiger partial charge in [-0.25, -0.2) is 0 Å². The minimum atomic E-state index is -0.421. The Morgan fingerprint density at radius 2 is 1.90 bits per heavy atom. The van der Waals surface area contributed by atoms with Crippen molar-refractivity contribution in [2.45, 2.75) is 32.9 Å². The maximum Gasteiger partial charge on any atom is 0.0853 e. The third-order valence-corrected chi connectivity index (χ3v) is 4.43. The van der Waals surface area contributed by atoms with Gasteiger partial charge in [0.1, 0.15) is 0 Å². The normalized spacial score (nSPS) is 23.8. The van der Waals surface area contributed by atoms with Crippen LogP contribution in [0.3, 0.4) is 0 Å². The lowest BCUT2D eigenvalue weighted by Crippen LogP contribution is -2.53. The van der Waals surface area contributed by atoms with Crippen LogP contribution in [0.25, 0.3) is 0 Å². The van der Waals surface area contributed by atoms with Crippen molar-refractivity contribution in [2.24, 2.45) is 5.41 Å². The molecule has 3 nitrogen and oxygen atoms in total. The Labute approximate surface area is 123 Å². The molecule has 1 N–H and O–H groups in total. The Morgan fingerprint density at radius 3 is 2.50 bits per heavy atom. The molecule has 0 saturated carbocycles. The first-order valence-corrected chi connectivity index (χ1v) is 7.56. The number of nitrogens with zero attached hydrogens (tertiary/aromatic N) is 2. The van der Waals surface area contributed by atoms with Gasteiger partial charge in [0.15, 0.2) is 0 Å². The highest BCUT2D eigenvalue weighted by molar-refractivity contribution is 5.19. The van der Waals surface area contributed by atoms with Gasteiger partial charge < -0.3 is 10.0 Å². The molecule has 0 aliphatic carbocycles. The van der Waals surface area contributed by atoms with Gasteiger partial charge >= 0.3 is 0 Å². The number of hydrogen-bond acceptors (Lipinski definition) is 3. The Kier molecular flexibility index (Phi) is 4.84. The molecule has 1 fully saturated rings. The van der Waals surface area contributed by atoms with E-state index in [9.17, 15) is 5.11 Å². The first-order chi connectivity index (χ1) is 9.40. The summed E-state index contributed by atoms with van der Waals surface area (Å²) in [4.78, 5) is 4.88. The quantitative estimate of drug-likeness (QED) is 0.914. The van der Waals surface area contributed by atoms with Crippen molar-refractivity contribution < 1.29 is 5.11 Å². The summed E-state index contributed by atoms with van der Waals surface area (Å²) >= 11 is 0. The van der Waals surface area contributed by atoms with E-state index >= 15 is 0 Å². The van der Waals surface area contributed by atoms with E-state index in [1.807, 2.05) is 30.3 Å². The van der Waals surface area contributed by atoms with Crippen molar-refractivity contribution in [3.05, 3.63) is 35.9 Å². The second kappa shape index (κ2) is 6.25. The average molecular weight is 276 g/mol. The number of hydrogen-bond donors (Lipinski definition) is 1. The molecule has 2 rings (SSSR count). The molecule has 20 heavy (non-hydrogen) atoms. The number of piperazine rings is 1. The van der Waals surface area contributed by atoms with Gasteiger partial charge in [0.05, 0.1) is 6.10 Å². The molecule has 0 aromatic heterocycles. The van der Waals surface area contributed by atoms with E-state index in [0.29, 0.717) is 6.04 Å². The SMILES string of the molecule is CC1CN(C)CCN1CC(C)(C)C(O)c1ccccc1. The van der Waals surface area contributed by atoms with Gasteiger partial charge in [-0.3, -0.25) is 4.90 Å². The van der Waals surface area contributed by atoms with E-state index < -0.39 is 6.10 Å². The Hall–Kier alpha value is -0.900. The van der Waals surface area contributed by atoms with Gasteiger partial charge in [-0.1, -0.05) is 44.2 Å². The summed E-state index contributed by atoms with van der Waals surface area (Å²) in [5, 5.41) is 10.7. The van der Waals surface area contributed by atoms with Crippen LogP contribution in [0, 0.1) is 5.41 Å². The molecule has 3 heteroatoms. The summed E-state index contributed by atoms with van der Waals surface area (Å²) in [5.41, 5.74) is 0.866. The van der Waals surface area contributed by atoms with Crippen LogP contribution >= 0.6 is 0 Å². The van der Waals surface area contributed by atoms with E-state index in [1.165, 1.54) is 0 Å². The second-order valence-electron chi connectivity index (χ2n) is 6.88. The third kappa shape index (κ3) is 3.60. The Bertz CT molecular complexity index is 418. The average Bonchev–Trinajstić information content (AvgIpc) is 2.42. The zero-order valence-corrected chi connectivity index (χ0v) is 13.2. The van der Waals surface area contributed by atoms with Crippen LogP contribution in [0.1, 0.15) is 32.4 Å². The van der Waals surface area contributed by atoms with Crippen LogP contribution in [0.2, 0.25) is 0 Å². The molecule has 1 aliphatic heterocycles. The first kappa shape index (κ1) is 15.5. The standard InChI is InChI=1S/C17H28N2O/c1-14-12-18(4)10-11-19(14)13-17(2,3)16(20)15-8-6-5-7-9-15/h5-9,14,16,20H,10-13H2,1-4H3. The zero-order chi connectivity index (χ0) is 14.8. The molecule has 0 bridgehead atoms. The van der Waals surface area contributed by atoms with Gasteiger partial charge in [0.2, 0.25) is 0 Å². The van der Waals surface area contributed by atoms with Crippen molar-refractivity contribution in [1.82, 2.24) is 9.80 Å².